The van der Waals surface area contributed by atoms with Crippen molar-refractivity contribution in [2.45, 2.75) is 31.8 Å². The molecule has 3 aromatic rings. The second-order valence-corrected chi connectivity index (χ2v) is 7.73. The van der Waals surface area contributed by atoms with E-state index in [-0.39, 0.29) is 35.2 Å². The van der Waals surface area contributed by atoms with E-state index in [9.17, 15) is 27.5 Å². The van der Waals surface area contributed by atoms with Crippen molar-refractivity contribution in [3.05, 3.63) is 60.1 Å². The third-order valence-electron chi connectivity index (χ3n) is 5.01. The number of aromatic nitrogens is 4. The first kappa shape index (κ1) is 23.3. The number of hydrogen-bond acceptors (Lipinski definition) is 8. The fraction of sp³-hybridized carbons (Fsp3) is 0.286. The van der Waals surface area contributed by atoms with Gasteiger partial charge in [0.15, 0.2) is 5.72 Å². The van der Waals surface area contributed by atoms with Gasteiger partial charge < -0.3 is 15.2 Å². The summed E-state index contributed by atoms with van der Waals surface area (Å²) in [5.41, 5.74) is -2.47. The van der Waals surface area contributed by atoms with Crippen LogP contribution in [0.3, 0.4) is 0 Å². The average molecular weight is 478 g/mol. The highest BCUT2D eigenvalue weighted by Crippen LogP contribution is 2.32. The third kappa shape index (κ3) is 4.59. The molecule has 4 heterocycles. The molecule has 178 valence electrons. The number of carbonyl (C=O) groups is 1. The highest BCUT2D eigenvalue weighted by atomic mass is 19.4. The Morgan fingerprint density at radius 2 is 1.91 bits per heavy atom. The van der Waals surface area contributed by atoms with Gasteiger partial charge in [0.1, 0.15) is 23.9 Å². The Kier molecular flexibility index (Phi) is 5.81. The van der Waals surface area contributed by atoms with Gasteiger partial charge in [-0.3, -0.25) is 9.97 Å². The molecule has 1 fully saturated rings. The lowest BCUT2D eigenvalue weighted by Gasteiger charge is -2.25. The quantitative estimate of drug-likeness (QED) is 0.531. The number of anilines is 2. The number of pyridine rings is 2. The summed E-state index contributed by atoms with van der Waals surface area (Å²) in [5.74, 6) is -0.668. The molecule has 1 saturated heterocycles. The van der Waals surface area contributed by atoms with Gasteiger partial charge in [-0.25, -0.2) is 19.1 Å². The number of carbonyl (C=O) groups excluding carboxylic acids is 1. The minimum Gasteiger partial charge on any atom is -0.444 e. The van der Waals surface area contributed by atoms with E-state index < -0.39 is 35.5 Å². The van der Waals surface area contributed by atoms with E-state index in [1.54, 1.807) is 6.92 Å². The molecule has 1 amide bonds. The second-order valence-electron chi connectivity index (χ2n) is 7.73. The molecule has 9 nitrogen and oxygen atoms in total. The number of aliphatic hydroxyl groups is 1. The standard InChI is InChI=1S/C21H18F4N6O3/c1-11(29-18-27-6-4-16(30-18)31-19(32)34-10-20(31,2)33)17-14(22)7-13(9-28-17)12-3-5-26-15(8-12)21(23,24)25/h3-9,11,33H,10H2,1-2H3,(H,27,29,30)/t11-,20-/m0/s1. The van der Waals surface area contributed by atoms with E-state index in [4.69, 9.17) is 4.74 Å². The van der Waals surface area contributed by atoms with Gasteiger partial charge in [0.25, 0.3) is 0 Å². The molecule has 0 radical (unpaired) electrons. The van der Waals surface area contributed by atoms with Gasteiger partial charge in [0.2, 0.25) is 5.95 Å². The molecule has 0 aliphatic carbocycles. The first-order chi connectivity index (χ1) is 16.0. The molecule has 0 aromatic carbocycles. The van der Waals surface area contributed by atoms with Gasteiger partial charge in [-0.2, -0.15) is 18.2 Å². The molecule has 0 spiro atoms. The predicted molar refractivity (Wildman–Crippen MR) is 111 cm³/mol. The number of amides is 1. The zero-order valence-electron chi connectivity index (χ0n) is 17.8. The lowest BCUT2D eigenvalue weighted by Crippen LogP contribution is -2.45. The summed E-state index contributed by atoms with van der Waals surface area (Å²) in [6.07, 6.45) is -1.83. The van der Waals surface area contributed by atoms with E-state index in [1.165, 1.54) is 31.5 Å². The fourth-order valence-electron chi connectivity index (χ4n) is 3.36. The number of ether oxygens (including phenoxy) is 1. The molecule has 2 N–H and O–H groups in total. The first-order valence-corrected chi connectivity index (χ1v) is 9.94. The van der Waals surface area contributed by atoms with Gasteiger partial charge in [-0.05, 0) is 43.7 Å². The van der Waals surface area contributed by atoms with Crippen molar-refractivity contribution in [1.82, 2.24) is 19.9 Å². The van der Waals surface area contributed by atoms with E-state index in [0.717, 1.165) is 23.2 Å². The van der Waals surface area contributed by atoms with Crippen LogP contribution in [0, 0.1) is 5.82 Å². The fourth-order valence-corrected chi connectivity index (χ4v) is 3.36. The van der Waals surface area contributed by atoms with Crippen LogP contribution < -0.4 is 10.2 Å². The maximum Gasteiger partial charge on any atom is 0.433 e. The Balaban J connectivity index is 1.55. The molecule has 13 heteroatoms. The normalized spacial score (nSPS) is 19.1. The van der Waals surface area contributed by atoms with Gasteiger partial charge in [-0.1, -0.05) is 0 Å². The van der Waals surface area contributed by atoms with Crippen LogP contribution in [-0.4, -0.2) is 43.5 Å². The number of rotatable bonds is 5. The maximum atomic E-state index is 14.8. The van der Waals surface area contributed by atoms with Crippen LogP contribution in [0.15, 0.2) is 42.9 Å². The summed E-state index contributed by atoms with van der Waals surface area (Å²) in [6, 6.07) is 3.86. The Bertz CT molecular complexity index is 1240. The van der Waals surface area contributed by atoms with Gasteiger partial charge in [0.05, 0.1) is 11.7 Å². The number of halogens is 4. The number of hydrogen-bond donors (Lipinski definition) is 2. The van der Waals surface area contributed by atoms with E-state index in [2.05, 4.69) is 25.3 Å². The zero-order valence-corrected chi connectivity index (χ0v) is 17.8. The number of nitrogens with zero attached hydrogens (tertiary/aromatic N) is 5. The topological polar surface area (TPSA) is 113 Å². The number of alkyl halides is 3. The van der Waals surface area contributed by atoms with Gasteiger partial charge in [-0.15, -0.1) is 0 Å². The van der Waals surface area contributed by atoms with E-state index in [1.807, 2.05) is 0 Å². The van der Waals surface area contributed by atoms with Crippen LogP contribution >= 0.6 is 0 Å². The Morgan fingerprint density at radius 3 is 2.56 bits per heavy atom. The van der Waals surface area contributed by atoms with Crippen LogP contribution in [-0.2, 0) is 10.9 Å². The Hall–Kier alpha value is -3.87. The van der Waals surface area contributed by atoms with Crippen LogP contribution in [0.2, 0.25) is 0 Å². The number of cyclic esters (lactones) is 1. The number of nitrogens with one attached hydrogen (secondary N) is 1. The van der Waals surface area contributed by atoms with Crippen LogP contribution in [0.5, 0.6) is 0 Å². The molecule has 2 atom stereocenters. The summed E-state index contributed by atoms with van der Waals surface area (Å²) < 4.78 is 58.4. The van der Waals surface area contributed by atoms with Crippen LogP contribution in [0.4, 0.5) is 34.1 Å². The zero-order chi connectivity index (χ0) is 24.7. The first-order valence-electron chi connectivity index (χ1n) is 9.94. The summed E-state index contributed by atoms with van der Waals surface area (Å²) in [7, 11) is 0. The van der Waals surface area contributed by atoms with Crippen LogP contribution in [0.25, 0.3) is 11.1 Å². The molecular formula is C21H18F4N6O3. The molecular weight excluding hydrogens is 460 g/mol. The van der Waals surface area contributed by atoms with Crippen molar-refractivity contribution >= 4 is 17.9 Å². The summed E-state index contributed by atoms with van der Waals surface area (Å²) in [4.78, 5) is 28.5. The summed E-state index contributed by atoms with van der Waals surface area (Å²) in [6.45, 7) is 2.73. The molecule has 0 bridgehead atoms. The summed E-state index contributed by atoms with van der Waals surface area (Å²) in [5, 5.41) is 13.2. The van der Waals surface area contributed by atoms with E-state index in [0.29, 0.717) is 0 Å². The van der Waals surface area contributed by atoms with Gasteiger partial charge >= 0.3 is 12.3 Å². The Labute approximate surface area is 190 Å². The maximum absolute atomic E-state index is 14.8. The van der Waals surface area contributed by atoms with Crippen molar-refractivity contribution < 1.29 is 32.2 Å². The van der Waals surface area contributed by atoms with E-state index >= 15 is 0 Å². The van der Waals surface area contributed by atoms with Gasteiger partial charge in [0, 0.05) is 24.2 Å². The lowest BCUT2D eigenvalue weighted by atomic mass is 10.1. The predicted octanol–water partition coefficient (Wildman–Crippen LogP) is 3.93. The average Bonchev–Trinajstić information content (AvgIpc) is 3.05. The summed E-state index contributed by atoms with van der Waals surface area (Å²) >= 11 is 0. The largest absolute Gasteiger partial charge is 0.444 e. The minimum absolute atomic E-state index is 0.0229. The van der Waals surface area contributed by atoms with Crippen molar-refractivity contribution in [2.75, 3.05) is 16.8 Å². The highest BCUT2D eigenvalue weighted by Gasteiger charge is 2.44. The molecule has 1 aliphatic rings. The van der Waals surface area contributed by atoms with Crippen molar-refractivity contribution in [1.29, 1.82) is 0 Å². The monoisotopic (exact) mass is 478 g/mol. The van der Waals surface area contributed by atoms with Crippen molar-refractivity contribution in [2.24, 2.45) is 0 Å². The molecule has 3 aromatic heterocycles. The molecule has 4 rings (SSSR count). The van der Waals surface area contributed by atoms with Crippen molar-refractivity contribution in [3.63, 3.8) is 0 Å². The molecule has 0 unspecified atom stereocenters. The lowest BCUT2D eigenvalue weighted by molar-refractivity contribution is -0.141. The highest BCUT2D eigenvalue weighted by molar-refractivity contribution is 5.89. The second kappa shape index (κ2) is 8.48. The smallest absolute Gasteiger partial charge is 0.433 e. The SMILES string of the molecule is C[C@H](Nc1nccc(N2C(=O)OC[C@]2(C)O)n1)c1ncc(-c2ccnc(C(F)(F)F)c2)cc1F. The Morgan fingerprint density at radius 1 is 1.18 bits per heavy atom. The molecule has 1 aliphatic heterocycles. The van der Waals surface area contributed by atoms with Crippen LogP contribution in [0.1, 0.15) is 31.3 Å². The minimum atomic E-state index is -4.63. The molecule has 0 saturated carbocycles. The van der Waals surface area contributed by atoms with Crippen molar-refractivity contribution in [3.8, 4) is 11.1 Å². The third-order valence-corrected chi connectivity index (χ3v) is 5.01. The molecule has 34 heavy (non-hydrogen) atoms.